The summed E-state index contributed by atoms with van der Waals surface area (Å²) in [7, 11) is -2.79. The molecule has 0 aliphatic carbocycles. The predicted molar refractivity (Wildman–Crippen MR) is 108 cm³/mol. The molecule has 0 unspecified atom stereocenters. The van der Waals surface area contributed by atoms with E-state index in [-0.39, 0.29) is 0 Å². The van der Waals surface area contributed by atoms with Gasteiger partial charge in [0, 0.05) is 43.4 Å². The van der Waals surface area contributed by atoms with Gasteiger partial charge in [0.1, 0.15) is 9.84 Å². The van der Waals surface area contributed by atoms with E-state index in [1.807, 2.05) is 24.3 Å². The quantitative estimate of drug-likeness (QED) is 0.619. The molecule has 2 fully saturated rings. The lowest BCUT2D eigenvalue weighted by molar-refractivity contribution is 0.379. The molecule has 0 bridgehead atoms. The number of hydrogen-bond donors (Lipinski definition) is 1. The average molecular weight is 399 g/mol. The number of aliphatic imine (C=N–C) groups is 1. The topological polar surface area (TPSA) is 79.0 Å². The Balaban J connectivity index is 1.42. The molecule has 2 heterocycles. The van der Waals surface area contributed by atoms with E-state index in [0.717, 1.165) is 50.5 Å². The van der Waals surface area contributed by atoms with E-state index in [1.54, 1.807) is 0 Å². The molecule has 2 aliphatic heterocycles. The van der Waals surface area contributed by atoms with Gasteiger partial charge in [0.05, 0.1) is 11.5 Å². The largest absolute Gasteiger partial charge is 0.370 e. The molecular weight excluding hydrogens is 372 g/mol. The van der Waals surface area contributed by atoms with Crippen LogP contribution in [0.25, 0.3) is 0 Å². The van der Waals surface area contributed by atoms with Crippen LogP contribution in [0.2, 0.25) is 5.02 Å². The van der Waals surface area contributed by atoms with E-state index < -0.39 is 9.84 Å². The Kier molecular flexibility index (Phi) is 6.29. The first-order chi connectivity index (χ1) is 12.4. The van der Waals surface area contributed by atoms with Crippen molar-refractivity contribution in [2.75, 3.05) is 49.1 Å². The molecule has 26 heavy (non-hydrogen) atoms. The minimum atomic E-state index is -2.79. The van der Waals surface area contributed by atoms with Gasteiger partial charge in [-0.05, 0) is 49.4 Å². The Morgan fingerprint density at radius 3 is 2.35 bits per heavy atom. The first kappa shape index (κ1) is 19.3. The SMILES string of the molecule is NC(=NCCC1CCS(=O)(=O)CC1)N1CCN(c2ccc(Cl)cc2)CC1. The molecule has 0 radical (unpaired) electrons. The average Bonchev–Trinajstić information content (AvgIpc) is 2.64. The number of nitrogens with two attached hydrogens (primary N) is 1. The van der Waals surface area contributed by atoms with Gasteiger partial charge in [-0.2, -0.15) is 0 Å². The van der Waals surface area contributed by atoms with Crippen LogP contribution < -0.4 is 10.6 Å². The highest BCUT2D eigenvalue weighted by atomic mass is 35.5. The number of nitrogens with zero attached hydrogens (tertiary/aromatic N) is 3. The summed E-state index contributed by atoms with van der Waals surface area (Å²) in [6, 6.07) is 7.91. The van der Waals surface area contributed by atoms with E-state index in [4.69, 9.17) is 17.3 Å². The molecule has 0 amide bonds. The van der Waals surface area contributed by atoms with Gasteiger partial charge in [-0.25, -0.2) is 8.42 Å². The number of anilines is 1. The lowest BCUT2D eigenvalue weighted by Crippen LogP contribution is -2.51. The highest BCUT2D eigenvalue weighted by molar-refractivity contribution is 7.91. The van der Waals surface area contributed by atoms with Gasteiger partial charge in [0.25, 0.3) is 0 Å². The number of hydrogen-bond acceptors (Lipinski definition) is 4. The Morgan fingerprint density at radius 2 is 1.73 bits per heavy atom. The maximum atomic E-state index is 11.5. The molecule has 144 valence electrons. The summed E-state index contributed by atoms with van der Waals surface area (Å²) in [5.74, 6) is 1.70. The standard InChI is InChI=1S/C18H27ClN4O2S/c19-16-1-3-17(4-2-16)22-9-11-23(12-10-22)18(20)21-8-5-15-6-13-26(24,25)14-7-15/h1-4,15H,5-14H2,(H2,20,21). The van der Waals surface area contributed by atoms with Crippen molar-refractivity contribution < 1.29 is 8.42 Å². The third kappa shape index (κ3) is 5.27. The molecule has 0 aromatic heterocycles. The lowest BCUT2D eigenvalue weighted by Gasteiger charge is -2.36. The molecular formula is C18H27ClN4O2S. The maximum Gasteiger partial charge on any atom is 0.191 e. The Bertz CT molecular complexity index is 714. The summed E-state index contributed by atoms with van der Waals surface area (Å²) in [5.41, 5.74) is 7.33. The molecule has 6 nitrogen and oxygen atoms in total. The summed E-state index contributed by atoms with van der Waals surface area (Å²) in [6.07, 6.45) is 2.44. The summed E-state index contributed by atoms with van der Waals surface area (Å²) < 4.78 is 22.9. The van der Waals surface area contributed by atoms with Gasteiger partial charge in [-0.15, -0.1) is 0 Å². The van der Waals surface area contributed by atoms with Crippen LogP contribution in [0.15, 0.2) is 29.3 Å². The van der Waals surface area contributed by atoms with Gasteiger partial charge in [0.2, 0.25) is 0 Å². The van der Waals surface area contributed by atoms with E-state index in [0.29, 0.717) is 29.9 Å². The monoisotopic (exact) mass is 398 g/mol. The fourth-order valence-corrected chi connectivity index (χ4v) is 5.25. The number of halogens is 1. The van der Waals surface area contributed by atoms with Crippen LogP contribution >= 0.6 is 11.6 Å². The fourth-order valence-electron chi connectivity index (χ4n) is 3.53. The number of benzene rings is 1. The molecule has 2 N–H and O–H groups in total. The molecule has 0 saturated carbocycles. The number of rotatable bonds is 4. The Morgan fingerprint density at radius 1 is 1.12 bits per heavy atom. The van der Waals surface area contributed by atoms with Crippen molar-refractivity contribution in [1.82, 2.24) is 4.90 Å². The highest BCUT2D eigenvalue weighted by Gasteiger charge is 2.23. The molecule has 2 aliphatic rings. The van der Waals surface area contributed by atoms with Crippen LogP contribution in [-0.2, 0) is 9.84 Å². The van der Waals surface area contributed by atoms with Crippen LogP contribution in [0.3, 0.4) is 0 Å². The molecule has 1 aromatic carbocycles. The van der Waals surface area contributed by atoms with Gasteiger partial charge >= 0.3 is 0 Å². The summed E-state index contributed by atoms with van der Waals surface area (Å²) in [5, 5.41) is 0.749. The van der Waals surface area contributed by atoms with Crippen LogP contribution in [0, 0.1) is 5.92 Å². The molecule has 2 saturated heterocycles. The van der Waals surface area contributed by atoms with E-state index in [2.05, 4.69) is 14.8 Å². The normalized spacial score (nSPS) is 21.8. The van der Waals surface area contributed by atoms with Crippen molar-refractivity contribution in [3.8, 4) is 0 Å². The van der Waals surface area contributed by atoms with Crippen LogP contribution in [-0.4, -0.2) is 63.5 Å². The Hall–Kier alpha value is -1.47. The lowest BCUT2D eigenvalue weighted by atomic mass is 9.99. The third-order valence-corrected chi connectivity index (χ3v) is 7.25. The van der Waals surface area contributed by atoms with Gasteiger partial charge in [-0.1, -0.05) is 11.6 Å². The first-order valence-corrected chi connectivity index (χ1v) is 11.4. The minimum absolute atomic E-state index is 0.323. The van der Waals surface area contributed by atoms with E-state index in [9.17, 15) is 8.42 Å². The number of sulfone groups is 1. The van der Waals surface area contributed by atoms with E-state index >= 15 is 0 Å². The zero-order valence-corrected chi connectivity index (χ0v) is 16.6. The van der Waals surface area contributed by atoms with Crippen molar-refractivity contribution in [3.63, 3.8) is 0 Å². The van der Waals surface area contributed by atoms with Crippen molar-refractivity contribution in [2.24, 2.45) is 16.6 Å². The van der Waals surface area contributed by atoms with Gasteiger partial charge in [-0.3, -0.25) is 4.99 Å². The summed E-state index contributed by atoms with van der Waals surface area (Å²) in [6.45, 7) is 4.17. The molecule has 8 heteroatoms. The molecule has 0 spiro atoms. The third-order valence-electron chi connectivity index (χ3n) is 5.28. The zero-order chi connectivity index (χ0) is 18.6. The second-order valence-corrected chi connectivity index (χ2v) is 9.81. The zero-order valence-electron chi connectivity index (χ0n) is 15.0. The van der Waals surface area contributed by atoms with Crippen LogP contribution in [0.5, 0.6) is 0 Å². The molecule has 1 aromatic rings. The maximum absolute atomic E-state index is 11.5. The van der Waals surface area contributed by atoms with Crippen molar-refractivity contribution in [2.45, 2.75) is 19.3 Å². The number of guanidine groups is 1. The minimum Gasteiger partial charge on any atom is -0.370 e. The van der Waals surface area contributed by atoms with Crippen molar-refractivity contribution in [1.29, 1.82) is 0 Å². The first-order valence-electron chi connectivity index (χ1n) is 9.19. The van der Waals surface area contributed by atoms with Crippen molar-refractivity contribution in [3.05, 3.63) is 29.3 Å². The second kappa shape index (κ2) is 8.48. The Labute approximate surface area is 160 Å². The smallest absolute Gasteiger partial charge is 0.191 e. The predicted octanol–water partition coefficient (Wildman–Crippen LogP) is 1.99. The summed E-state index contributed by atoms with van der Waals surface area (Å²) >= 11 is 5.95. The number of piperazine rings is 1. The molecule has 3 rings (SSSR count). The second-order valence-electron chi connectivity index (χ2n) is 7.07. The van der Waals surface area contributed by atoms with Crippen LogP contribution in [0.4, 0.5) is 5.69 Å². The molecule has 0 atom stereocenters. The van der Waals surface area contributed by atoms with Gasteiger partial charge < -0.3 is 15.5 Å². The van der Waals surface area contributed by atoms with Crippen molar-refractivity contribution >= 4 is 33.1 Å². The van der Waals surface area contributed by atoms with E-state index in [1.165, 1.54) is 5.69 Å². The van der Waals surface area contributed by atoms with Crippen LogP contribution in [0.1, 0.15) is 19.3 Å². The van der Waals surface area contributed by atoms with Gasteiger partial charge in [0.15, 0.2) is 5.96 Å². The fraction of sp³-hybridized carbons (Fsp3) is 0.611. The summed E-state index contributed by atoms with van der Waals surface area (Å²) in [4.78, 5) is 8.97. The highest BCUT2D eigenvalue weighted by Crippen LogP contribution is 2.22.